The molecule has 0 radical (unpaired) electrons. The molecule has 2 rings (SSSR count). The molecule has 0 saturated heterocycles. The highest BCUT2D eigenvalue weighted by molar-refractivity contribution is 6.21. The molecule has 21 heavy (non-hydrogen) atoms. The van der Waals surface area contributed by atoms with Crippen molar-refractivity contribution in [3.8, 4) is 5.75 Å². The van der Waals surface area contributed by atoms with Gasteiger partial charge in [0.1, 0.15) is 18.0 Å². The normalized spacial score (nSPS) is 24.4. The minimum absolute atomic E-state index is 0.00852. The second-order valence-corrected chi connectivity index (χ2v) is 5.50. The topological polar surface area (TPSA) is 70.8 Å². The van der Waals surface area contributed by atoms with Crippen LogP contribution in [0, 0.1) is 17.0 Å². The molecule has 1 fully saturated rings. The molecule has 0 heterocycles. The van der Waals surface area contributed by atoms with Gasteiger partial charge in [0.05, 0.1) is 29.6 Å². The van der Waals surface area contributed by atoms with E-state index in [1.165, 1.54) is 12.1 Å². The van der Waals surface area contributed by atoms with Gasteiger partial charge >= 0.3 is 0 Å². The van der Waals surface area contributed by atoms with Crippen LogP contribution in [0.3, 0.4) is 0 Å². The molecule has 6 nitrogen and oxygen atoms in total. The van der Waals surface area contributed by atoms with Crippen LogP contribution in [-0.4, -0.2) is 42.8 Å². The summed E-state index contributed by atoms with van der Waals surface area (Å²) in [7, 11) is 1.60. The van der Waals surface area contributed by atoms with Gasteiger partial charge in [-0.05, 0) is 18.6 Å². The second-order valence-electron chi connectivity index (χ2n) is 4.94. The molecular formula is C14H18ClNO5. The molecule has 1 saturated carbocycles. The van der Waals surface area contributed by atoms with Gasteiger partial charge in [0, 0.05) is 19.6 Å². The summed E-state index contributed by atoms with van der Waals surface area (Å²) < 4.78 is 16.4. The van der Waals surface area contributed by atoms with E-state index in [0.29, 0.717) is 25.4 Å². The molecule has 0 spiro atoms. The van der Waals surface area contributed by atoms with Gasteiger partial charge in [0.2, 0.25) is 0 Å². The van der Waals surface area contributed by atoms with Crippen molar-refractivity contribution in [2.75, 3.05) is 20.3 Å². The molecule has 0 aromatic heterocycles. The second kappa shape index (κ2) is 7.06. The zero-order chi connectivity index (χ0) is 15.4. The standard InChI is InChI=1S/C14H18ClNO5/c1-9-3-4-10(16(17)18)7-12(9)21-13-8-11(15)14(13)20-6-5-19-2/h3-4,7,11,13-14H,5-6,8H2,1-2H3. The maximum Gasteiger partial charge on any atom is 0.273 e. The summed E-state index contributed by atoms with van der Waals surface area (Å²) in [5, 5.41) is 10.7. The van der Waals surface area contributed by atoms with E-state index in [1.807, 2.05) is 6.92 Å². The fourth-order valence-corrected chi connectivity index (χ4v) is 2.52. The Kier molecular flexibility index (Phi) is 5.39. The van der Waals surface area contributed by atoms with Crippen molar-refractivity contribution in [3.05, 3.63) is 33.9 Å². The Hall–Kier alpha value is -1.37. The zero-order valence-corrected chi connectivity index (χ0v) is 12.7. The summed E-state index contributed by atoms with van der Waals surface area (Å²) in [4.78, 5) is 10.4. The maximum atomic E-state index is 10.8. The number of benzene rings is 1. The lowest BCUT2D eigenvalue weighted by Gasteiger charge is -2.40. The number of alkyl halides is 1. The van der Waals surface area contributed by atoms with Crippen molar-refractivity contribution >= 4 is 17.3 Å². The molecule has 3 atom stereocenters. The third-order valence-corrected chi connectivity index (χ3v) is 3.87. The quantitative estimate of drug-likeness (QED) is 0.335. The van der Waals surface area contributed by atoms with Crippen LogP contribution in [0.2, 0.25) is 0 Å². The van der Waals surface area contributed by atoms with Crippen molar-refractivity contribution in [3.63, 3.8) is 0 Å². The van der Waals surface area contributed by atoms with E-state index >= 15 is 0 Å². The van der Waals surface area contributed by atoms with E-state index in [-0.39, 0.29) is 23.3 Å². The predicted molar refractivity (Wildman–Crippen MR) is 78.1 cm³/mol. The first-order chi connectivity index (χ1) is 10.0. The summed E-state index contributed by atoms with van der Waals surface area (Å²) in [5.74, 6) is 0.498. The highest BCUT2D eigenvalue weighted by Crippen LogP contribution is 2.35. The average Bonchev–Trinajstić information content (AvgIpc) is 2.44. The number of nitro benzene ring substituents is 1. The molecule has 1 aliphatic carbocycles. The van der Waals surface area contributed by atoms with E-state index in [0.717, 1.165) is 5.56 Å². The first-order valence-electron chi connectivity index (χ1n) is 6.69. The van der Waals surface area contributed by atoms with E-state index in [4.69, 9.17) is 25.8 Å². The summed E-state index contributed by atoms with van der Waals surface area (Å²) in [6, 6.07) is 4.56. The Morgan fingerprint density at radius 3 is 2.81 bits per heavy atom. The van der Waals surface area contributed by atoms with Gasteiger partial charge in [-0.25, -0.2) is 0 Å². The zero-order valence-electron chi connectivity index (χ0n) is 12.0. The molecule has 3 unspecified atom stereocenters. The minimum atomic E-state index is -0.440. The molecule has 7 heteroatoms. The number of methoxy groups -OCH3 is 1. The van der Waals surface area contributed by atoms with Crippen molar-refractivity contribution in [1.29, 1.82) is 0 Å². The smallest absolute Gasteiger partial charge is 0.273 e. The number of non-ortho nitro benzene ring substituents is 1. The van der Waals surface area contributed by atoms with E-state index < -0.39 is 4.92 Å². The fourth-order valence-electron chi connectivity index (χ4n) is 2.11. The monoisotopic (exact) mass is 315 g/mol. The van der Waals surface area contributed by atoms with Crippen LogP contribution >= 0.6 is 11.6 Å². The molecule has 1 aromatic carbocycles. The van der Waals surface area contributed by atoms with Crippen LogP contribution in [0.1, 0.15) is 12.0 Å². The van der Waals surface area contributed by atoms with Gasteiger partial charge in [-0.2, -0.15) is 0 Å². The Labute approximate surface area is 128 Å². The summed E-state index contributed by atoms with van der Waals surface area (Å²) in [6.45, 7) is 2.78. The molecule has 0 amide bonds. The van der Waals surface area contributed by atoms with Gasteiger partial charge < -0.3 is 14.2 Å². The minimum Gasteiger partial charge on any atom is -0.487 e. The summed E-state index contributed by atoms with van der Waals surface area (Å²) in [5.41, 5.74) is 0.850. The molecule has 116 valence electrons. The Bertz CT molecular complexity index is 510. The first kappa shape index (κ1) is 16.0. The van der Waals surface area contributed by atoms with Crippen LogP contribution in [-0.2, 0) is 9.47 Å². The van der Waals surface area contributed by atoms with Gasteiger partial charge in [-0.15, -0.1) is 11.6 Å². The Morgan fingerprint density at radius 2 is 2.19 bits per heavy atom. The van der Waals surface area contributed by atoms with Crippen molar-refractivity contribution in [2.45, 2.75) is 30.9 Å². The summed E-state index contributed by atoms with van der Waals surface area (Å²) in [6.07, 6.45) is 0.243. The van der Waals surface area contributed by atoms with Gasteiger partial charge in [0.15, 0.2) is 0 Å². The summed E-state index contributed by atoms with van der Waals surface area (Å²) >= 11 is 6.12. The van der Waals surface area contributed by atoms with Gasteiger partial charge in [0.25, 0.3) is 5.69 Å². The number of nitrogens with zero attached hydrogens (tertiary/aromatic N) is 1. The lowest BCUT2D eigenvalue weighted by atomic mass is 9.90. The number of nitro groups is 1. The number of aryl methyl sites for hydroxylation is 1. The largest absolute Gasteiger partial charge is 0.487 e. The number of hydrogen-bond acceptors (Lipinski definition) is 5. The van der Waals surface area contributed by atoms with E-state index in [9.17, 15) is 10.1 Å². The SMILES string of the molecule is COCCOC1C(Cl)CC1Oc1cc([N+](=O)[O-])ccc1C. The third kappa shape index (κ3) is 3.84. The molecule has 1 aliphatic rings. The average molecular weight is 316 g/mol. The highest BCUT2D eigenvalue weighted by Gasteiger charge is 2.43. The lowest BCUT2D eigenvalue weighted by Crippen LogP contribution is -2.53. The Balaban J connectivity index is 2.00. The van der Waals surface area contributed by atoms with Crippen LogP contribution in [0.4, 0.5) is 5.69 Å². The van der Waals surface area contributed by atoms with E-state index in [2.05, 4.69) is 0 Å². The van der Waals surface area contributed by atoms with Crippen molar-refractivity contribution in [2.24, 2.45) is 0 Å². The number of hydrogen-bond donors (Lipinski definition) is 0. The molecule has 0 bridgehead atoms. The van der Waals surface area contributed by atoms with Crippen LogP contribution in [0.15, 0.2) is 18.2 Å². The fraction of sp³-hybridized carbons (Fsp3) is 0.571. The highest BCUT2D eigenvalue weighted by atomic mass is 35.5. The van der Waals surface area contributed by atoms with E-state index in [1.54, 1.807) is 13.2 Å². The van der Waals surface area contributed by atoms with Crippen molar-refractivity contribution < 1.29 is 19.1 Å². The van der Waals surface area contributed by atoms with Crippen LogP contribution in [0.5, 0.6) is 5.75 Å². The predicted octanol–water partition coefficient (Wildman–Crippen LogP) is 2.69. The lowest BCUT2D eigenvalue weighted by molar-refractivity contribution is -0.385. The number of rotatable bonds is 7. The molecule has 0 N–H and O–H groups in total. The van der Waals surface area contributed by atoms with Crippen LogP contribution < -0.4 is 4.74 Å². The molecular weight excluding hydrogens is 298 g/mol. The van der Waals surface area contributed by atoms with Crippen molar-refractivity contribution in [1.82, 2.24) is 0 Å². The molecule has 0 aliphatic heterocycles. The van der Waals surface area contributed by atoms with Gasteiger partial charge in [-0.1, -0.05) is 0 Å². The first-order valence-corrected chi connectivity index (χ1v) is 7.13. The maximum absolute atomic E-state index is 10.8. The molecule has 1 aromatic rings. The third-order valence-electron chi connectivity index (χ3n) is 3.44. The number of halogens is 1. The number of ether oxygens (including phenoxy) is 3. The van der Waals surface area contributed by atoms with Gasteiger partial charge in [-0.3, -0.25) is 10.1 Å². The Morgan fingerprint density at radius 1 is 1.43 bits per heavy atom. The van der Waals surface area contributed by atoms with Crippen LogP contribution in [0.25, 0.3) is 0 Å².